The molecule has 1 saturated carbocycles. The maximum Gasteiger partial charge on any atom is 0.326 e. The van der Waals surface area contributed by atoms with Crippen LogP contribution in [0.2, 0.25) is 0 Å². The lowest BCUT2D eigenvalue weighted by Gasteiger charge is -2.24. The molecule has 0 bridgehead atoms. The Kier molecular flexibility index (Phi) is 3.82. The zero-order valence-electron chi connectivity index (χ0n) is 11.9. The van der Waals surface area contributed by atoms with Crippen molar-refractivity contribution in [2.45, 2.75) is 25.3 Å². The number of aliphatic carboxylic acids is 1. The Labute approximate surface area is 123 Å². The largest absolute Gasteiger partial charge is 0.480 e. The lowest BCUT2D eigenvalue weighted by molar-refractivity contribution is -0.149. The molecule has 3 unspecified atom stereocenters. The third-order valence-corrected chi connectivity index (χ3v) is 4.68. The normalized spacial score (nSPS) is 27.4. The molecule has 1 saturated heterocycles. The van der Waals surface area contributed by atoms with Crippen LogP contribution in [-0.4, -0.2) is 41.0 Å². The number of benzene rings is 1. The first kappa shape index (κ1) is 13.9. The van der Waals surface area contributed by atoms with Crippen molar-refractivity contribution >= 4 is 17.6 Å². The molecule has 3 atom stereocenters. The molecule has 112 valence electrons. The molecule has 1 amide bonds. The van der Waals surface area contributed by atoms with Gasteiger partial charge in [-0.2, -0.15) is 0 Å². The van der Waals surface area contributed by atoms with Gasteiger partial charge < -0.3 is 15.3 Å². The summed E-state index contributed by atoms with van der Waals surface area (Å²) in [6, 6.07) is 8.85. The molecule has 0 radical (unpaired) electrons. The lowest BCUT2D eigenvalue weighted by atomic mass is 9.94. The number of amides is 1. The van der Waals surface area contributed by atoms with Gasteiger partial charge in [-0.05, 0) is 36.8 Å². The summed E-state index contributed by atoms with van der Waals surface area (Å²) in [7, 11) is 0. The number of anilines is 1. The van der Waals surface area contributed by atoms with Gasteiger partial charge in [-0.1, -0.05) is 24.6 Å². The predicted octanol–water partition coefficient (Wildman–Crippen LogP) is 1.81. The van der Waals surface area contributed by atoms with Gasteiger partial charge in [0, 0.05) is 12.2 Å². The van der Waals surface area contributed by atoms with Gasteiger partial charge in [0.25, 0.3) is 0 Å². The average Bonchev–Trinajstić information content (AvgIpc) is 3.05. The van der Waals surface area contributed by atoms with Gasteiger partial charge in [-0.25, -0.2) is 4.79 Å². The van der Waals surface area contributed by atoms with E-state index in [0.29, 0.717) is 12.5 Å². The Morgan fingerprint density at radius 1 is 1.24 bits per heavy atom. The summed E-state index contributed by atoms with van der Waals surface area (Å²) in [5.41, 5.74) is 0.872. The summed E-state index contributed by atoms with van der Waals surface area (Å²) >= 11 is 0. The Hall–Kier alpha value is -2.04. The number of fused-ring (bicyclic) bond motifs is 1. The molecule has 5 nitrogen and oxygen atoms in total. The minimum atomic E-state index is -0.863. The highest BCUT2D eigenvalue weighted by atomic mass is 16.4. The van der Waals surface area contributed by atoms with Crippen molar-refractivity contribution in [3.05, 3.63) is 30.3 Å². The highest BCUT2D eigenvalue weighted by Gasteiger charge is 2.49. The second-order valence-corrected chi connectivity index (χ2v) is 5.90. The molecule has 1 aromatic carbocycles. The average molecular weight is 288 g/mol. The van der Waals surface area contributed by atoms with Crippen molar-refractivity contribution < 1.29 is 14.7 Å². The van der Waals surface area contributed by atoms with Crippen LogP contribution < -0.4 is 5.32 Å². The second kappa shape index (κ2) is 5.76. The summed E-state index contributed by atoms with van der Waals surface area (Å²) in [6.07, 6.45) is 3.06. The van der Waals surface area contributed by atoms with Gasteiger partial charge in [-0.15, -0.1) is 0 Å². The van der Waals surface area contributed by atoms with Crippen LogP contribution in [0.15, 0.2) is 30.3 Å². The number of hydrogen-bond donors (Lipinski definition) is 2. The van der Waals surface area contributed by atoms with Gasteiger partial charge >= 0.3 is 5.97 Å². The zero-order valence-corrected chi connectivity index (χ0v) is 11.9. The second-order valence-electron chi connectivity index (χ2n) is 5.90. The number of para-hydroxylation sites is 1. The zero-order chi connectivity index (χ0) is 14.8. The maximum absolute atomic E-state index is 12.4. The molecule has 1 heterocycles. The van der Waals surface area contributed by atoms with Crippen LogP contribution in [0.1, 0.15) is 19.3 Å². The van der Waals surface area contributed by atoms with Crippen LogP contribution in [0.25, 0.3) is 0 Å². The molecule has 0 aromatic heterocycles. The van der Waals surface area contributed by atoms with E-state index in [1.807, 2.05) is 30.3 Å². The van der Waals surface area contributed by atoms with Crippen molar-refractivity contribution in [1.82, 2.24) is 4.90 Å². The van der Waals surface area contributed by atoms with Gasteiger partial charge in [0.15, 0.2) is 0 Å². The standard InChI is InChI=1S/C16H20N2O3/c19-14(9-17-12-6-2-1-3-7-12)18-10-11-5-4-8-13(11)15(18)16(20)21/h1-3,6-7,11,13,15,17H,4-5,8-10H2,(H,20,21). The highest BCUT2D eigenvalue weighted by molar-refractivity contribution is 5.87. The number of carboxylic acids is 1. The number of nitrogens with one attached hydrogen (secondary N) is 1. The van der Waals surface area contributed by atoms with E-state index in [4.69, 9.17) is 0 Å². The van der Waals surface area contributed by atoms with Crippen molar-refractivity contribution in [3.63, 3.8) is 0 Å². The first-order chi connectivity index (χ1) is 10.2. The van der Waals surface area contributed by atoms with Crippen LogP contribution in [-0.2, 0) is 9.59 Å². The molecule has 1 aromatic rings. The fraction of sp³-hybridized carbons (Fsp3) is 0.500. The van der Waals surface area contributed by atoms with E-state index in [9.17, 15) is 14.7 Å². The van der Waals surface area contributed by atoms with Gasteiger partial charge in [-0.3, -0.25) is 4.79 Å². The maximum atomic E-state index is 12.4. The van der Waals surface area contributed by atoms with E-state index in [-0.39, 0.29) is 18.4 Å². The first-order valence-corrected chi connectivity index (χ1v) is 7.48. The highest BCUT2D eigenvalue weighted by Crippen LogP contribution is 2.42. The van der Waals surface area contributed by atoms with Crippen LogP contribution in [0.5, 0.6) is 0 Å². The van der Waals surface area contributed by atoms with Gasteiger partial charge in [0.1, 0.15) is 6.04 Å². The predicted molar refractivity (Wildman–Crippen MR) is 78.9 cm³/mol. The third-order valence-electron chi connectivity index (χ3n) is 4.68. The Balaban J connectivity index is 1.65. The number of carbonyl (C=O) groups is 2. The molecular formula is C16H20N2O3. The quantitative estimate of drug-likeness (QED) is 0.886. The molecule has 2 aliphatic rings. The Morgan fingerprint density at radius 3 is 2.71 bits per heavy atom. The molecule has 1 aliphatic carbocycles. The van der Waals surface area contributed by atoms with E-state index in [2.05, 4.69) is 5.32 Å². The number of rotatable bonds is 4. The molecule has 2 N–H and O–H groups in total. The van der Waals surface area contributed by atoms with Crippen LogP contribution in [0.3, 0.4) is 0 Å². The number of carbonyl (C=O) groups excluding carboxylic acids is 1. The van der Waals surface area contributed by atoms with Crippen LogP contribution in [0.4, 0.5) is 5.69 Å². The van der Waals surface area contributed by atoms with Crippen molar-refractivity contribution in [3.8, 4) is 0 Å². The van der Waals surface area contributed by atoms with Gasteiger partial charge in [0.2, 0.25) is 5.91 Å². The molecule has 2 fully saturated rings. The molecule has 0 spiro atoms. The van der Waals surface area contributed by atoms with Crippen LogP contribution >= 0.6 is 0 Å². The summed E-state index contributed by atoms with van der Waals surface area (Å²) in [4.78, 5) is 25.4. The smallest absolute Gasteiger partial charge is 0.326 e. The van der Waals surface area contributed by atoms with E-state index >= 15 is 0 Å². The number of hydrogen-bond acceptors (Lipinski definition) is 3. The fourth-order valence-electron chi connectivity index (χ4n) is 3.71. The van der Waals surface area contributed by atoms with Crippen molar-refractivity contribution in [1.29, 1.82) is 0 Å². The molecule has 1 aliphatic heterocycles. The van der Waals surface area contributed by atoms with E-state index in [1.54, 1.807) is 4.90 Å². The Morgan fingerprint density at radius 2 is 2.00 bits per heavy atom. The molecule has 3 rings (SSSR count). The number of likely N-dealkylation sites (tertiary alicyclic amines) is 1. The molecule has 5 heteroatoms. The number of carboxylic acid groups (broad SMARTS) is 1. The van der Waals surface area contributed by atoms with E-state index in [1.165, 1.54) is 0 Å². The molecule has 21 heavy (non-hydrogen) atoms. The van der Waals surface area contributed by atoms with Crippen LogP contribution in [0, 0.1) is 11.8 Å². The van der Waals surface area contributed by atoms with E-state index in [0.717, 1.165) is 24.9 Å². The minimum Gasteiger partial charge on any atom is -0.480 e. The summed E-state index contributed by atoms with van der Waals surface area (Å²) in [5, 5.41) is 12.5. The van der Waals surface area contributed by atoms with Crippen molar-refractivity contribution in [2.24, 2.45) is 11.8 Å². The fourth-order valence-corrected chi connectivity index (χ4v) is 3.71. The van der Waals surface area contributed by atoms with Gasteiger partial charge in [0.05, 0.1) is 6.54 Å². The summed E-state index contributed by atoms with van der Waals surface area (Å²) in [6.45, 7) is 0.740. The topological polar surface area (TPSA) is 69.6 Å². The molecular weight excluding hydrogens is 268 g/mol. The van der Waals surface area contributed by atoms with E-state index < -0.39 is 12.0 Å². The monoisotopic (exact) mass is 288 g/mol. The number of nitrogens with zero attached hydrogens (tertiary/aromatic N) is 1. The lowest BCUT2D eigenvalue weighted by Crippen LogP contribution is -2.45. The minimum absolute atomic E-state index is 0.124. The summed E-state index contributed by atoms with van der Waals surface area (Å²) < 4.78 is 0. The Bertz CT molecular complexity index is 532. The summed E-state index contributed by atoms with van der Waals surface area (Å²) in [5.74, 6) is -0.479. The third kappa shape index (κ3) is 2.73. The SMILES string of the molecule is O=C(O)C1C2CCCC2CN1C(=O)CNc1ccccc1. The first-order valence-electron chi connectivity index (χ1n) is 7.48. The van der Waals surface area contributed by atoms with Crippen molar-refractivity contribution in [2.75, 3.05) is 18.4 Å².